The van der Waals surface area contributed by atoms with Crippen LogP contribution in [0.25, 0.3) is 0 Å². The van der Waals surface area contributed by atoms with Crippen molar-refractivity contribution in [3.8, 4) is 5.88 Å². The summed E-state index contributed by atoms with van der Waals surface area (Å²) in [5.74, 6) is 0.356. The van der Waals surface area contributed by atoms with Crippen molar-refractivity contribution >= 4 is 21.6 Å². The summed E-state index contributed by atoms with van der Waals surface area (Å²) >= 11 is 3.34. The highest BCUT2D eigenvalue weighted by Crippen LogP contribution is 2.19. The standard InChI is InChI=1S/C14H14BrFN2O/c1-2-19-14-6-5-12(9-18-14)17-8-10-3-4-11(16)7-13(10)15/h3-7,9,17H,2,8H2,1H3. The highest BCUT2D eigenvalue weighted by Gasteiger charge is 2.02. The number of halogens is 2. The Morgan fingerprint density at radius 1 is 1.32 bits per heavy atom. The van der Waals surface area contributed by atoms with Crippen molar-refractivity contribution in [3.05, 3.63) is 52.4 Å². The molecule has 0 saturated carbocycles. The van der Waals surface area contributed by atoms with E-state index in [4.69, 9.17) is 4.74 Å². The molecule has 19 heavy (non-hydrogen) atoms. The Kier molecular flexibility index (Phi) is 4.74. The van der Waals surface area contributed by atoms with Crippen LogP contribution in [0.4, 0.5) is 10.1 Å². The number of benzene rings is 1. The Morgan fingerprint density at radius 2 is 2.16 bits per heavy atom. The molecule has 0 unspecified atom stereocenters. The van der Waals surface area contributed by atoms with E-state index in [9.17, 15) is 4.39 Å². The molecule has 2 rings (SSSR count). The fourth-order valence-electron chi connectivity index (χ4n) is 1.58. The second-order valence-electron chi connectivity index (χ2n) is 3.91. The first kappa shape index (κ1) is 13.8. The second kappa shape index (κ2) is 6.52. The number of nitrogens with one attached hydrogen (secondary N) is 1. The van der Waals surface area contributed by atoms with E-state index >= 15 is 0 Å². The predicted octanol–water partition coefficient (Wildman–Crippen LogP) is 3.99. The first-order valence-electron chi connectivity index (χ1n) is 5.95. The number of anilines is 1. The van der Waals surface area contributed by atoms with Crippen molar-refractivity contribution in [3.63, 3.8) is 0 Å². The molecule has 0 saturated heterocycles. The fourth-order valence-corrected chi connectivity index (χ4v) is 2.07. The van der Waals surface area contributed by atoms with Gasteiger partial charge in [-0.25, -0.2) is 9.37 Å². The number of rotatable bonds is 5. The summed E-state index contributed by atoms with van der Waals surface area (Å²) in [5, 5.41) is 3.22. The van der Waals surface area contributed by atoms with Crippen LogP contribution in [0.2, 0.25) is 0 Å². The van der Waals surface area contributed by atoms with E-state index in [1.165, 1.54) is 12.1 Å². The van der Waals surface area contributed by atoms with Crippen molar-refractivity contribution in [1.29, 1.82) is 0 Å². The van der Waals surface area contributed by atoms with Gasteiger partial charge >= 0.3 is 0 Å². The van der Waals surface area contributed by atoms with E-state index in [1.54, 1.807) is 12.3 Å². The molecule has 2 aromatic rings. The summed E-state index contributed by atoms with van der Waals surface area (Å²) in [6, 6.07) is 8.35. The summed E-state index contributed by atoms with van der Waals surface area (Å²) in [4.78, 5) is 4.16. The van der Waals surface area contributed by atoms with E-state index in [0.29, 0.717) is 19.0 Å². The van der Waals surface area contributed by atoms with Crippen LogP contribution >= 0.6 is 15.9 Å². The molecule has 3 nitrogen and oxygen atoms in total. The van der Waals surface area contributed by atoms with E-state index in [-0.39, 0.29) is 5.82 Å². The molecule has 0 spiro atoms. The lowest BCUT2D eigenvalue weighted by Crippen LogP contribution is -2.01. The monoisotopic (exact) mass is 324 g/mol. The van der Waals surface area contributed by atoms with E-state index < -0.39 is 0 Å². The number of nitrogens with zero attached hydrogens (tertiary/aromatic N) is 1. The molecule has 5 heteroatoms. The molecule has 0 aliphatic heterocycles. The molecule has 0 amide bonds. The number of hydrogen-bond donors (Lipinski definition) is 1. The zero-order chi connectivity index (χ0) is 13.7. The molecule has 0 fully saturated rings. The third kappa shape index (κ3) is 3.92. The van der Waals surface area contributed by atoms with Crippen molar-refractivity contribution in [2.24, 2.45) is 0 Å². The molecule has 0 bridgehead atoms. The van der Waals surface area contributed by atoms with Crippen LogP contribution in [0.5, 0.6) is 5.88 Å². The molecular weight excluding hydrogens is 311 g/mol. The summed E-state index contributed by atoms with van der Waals surface area (Å²) in [7, 11) is 0. The smallest absolute Gasteiger partial charge is 0.213 e. The maximum Gasteiger partial charge on any atom is 0.213 e. The molecule has 0 radical (unpaired) electrons. The van der Waals surface area contributed by atoms with Gasteiger partial charge in [0, 0.05) is 17.1 Å². The lowest BCUT2D eigenvalue weighted by Gasteiger charge is -2.09. The molecule has 100 valence electrons. The van der Waals surface area contributed by atoms with Gasteiger partial charge in [-0.1, -0.05) is 22.0 Å². The maximum absolute atomic E-state index is 13.0. The zero-order valence-corrected chi connectivity index (χ0v) is 12.1. The van der Waals surface area contributed by atoms with Gasteiger partial charge in [0.2, 0.25) is 5.88 Å². The molecule has 0 atom stereocenters. The van der Waals surface area contributed by atoms with E-state index in [2.05, 4.69) is 26.2 Å². The van der Waals surface area contributed by atoms with Gasteiger partial charge in [0.25, 0.3) is 0 Å². The van der Waals surface area contributed by atoms with Gasteiger partial charge < -0.3 is 10.1 Å². The van der Waals surface area contributed by atoms with Crippen LogP contribution in [0, 0.1) is 5.82 Å². The summed E-state index contributed by atoms with van der Waals surface area (Å²) in [6.07, 6.45) is 1.71. The Bertz CT molecular complexity index is 546. The van der Waals surface area contributed by atoms with Gasteiger partial charge in [0.05, 0.1) is 18.5 Å². The van der Waals surface area contributed by atoms with Gasteiger partial charge in [-0.15, -0.1) is 0 Å². The third-order valence-electron chi connectivity index (χ3n) is 2.53. The van der Waals surface area contributed by atoms with Gasteiger partial charge in [-0.05, 0) is 30.7 Å². The highest BCUT2D eigenvalue weighted by molar-refractivity contribution is 9.10. The Hall–Kier alpha value is -1.62. The highest BCUT2D eigenvalue weighted by atomic mass is 79.9. The second-order valence-corrected chi connectivity index (χ2v) is 4.76. The Balaban J connectivity index is 1.98. The number of hydrogen-bond acceptors (Lipinski definition) is 3. The van der Waals surface area contributed by atoms with Crippen LogP contribution in [0.3, 0.4) is 0 Å². The van der Waals surface area contributed by atoms with Gasteiger partial charge in [-0.3, -0.25) is 0 Å². The molecule has 0 aliphatic carbocycles. The average Bonchev–Trinajstić information content (AvgIpc) is 2.40. The van der Waals surface area contributed by atoms with Gasteiger partial charge in [0.15, 0.2) is 0 Å². The SMILES string of the molecule is CCOc1ccc(NCc2ccc(F)cc2Br)cn1. The maximum atomic E-state index is 13.0. The number of ether oxygens (including phenoxy) is 1. The predicted molar refractivity (Wildman–Crippen MR) is 76.8 cm³/mol. The lowest BCUT2D eigenvalue weighted by molar-refractivity contribution is 0.327. The normalized spacial score (nSPS) is 10.3. The van der Waals surface area contributed by atoms with Crippen molar-refractivity contribution in [2.45, 2.75) is 13.5 Å². The topological polar surface area (TPSA) is 34.1 Å². The molecule has 1 N–H and O–H groups in total. The van der Waals surface area contributed by atoms with Crippen LogP contribution < -0.4 is 10.1 Å². The van der Waals surface area contributed by atoms with Crippen LogP contribution in [0.1, 0.15) is 12.5 Å². The largest absolute Gasteiger partial charge is 0.478 e. The minimum absolute atomic E-state index is 0.252. The van der Waals surface area contributed by atoms with Crippen molar-refractivity contribution < 1.29 is 9.13 Å². The van der Waals surface area contributed by atoms with Gasteiger partial charge in [-0.2, -0.15) is 0 Å². The zero-order valence-electron chi connectivity index (χ0n) is 10.5. The minimum atomic E-state index is -0.252. The first-order chi connectivity index (χ1) is 9.19. The van der Waals surface area contributed by atoms with Crippen molar-refractivity contribution in [1.82, 2.24) is 4.98 Å². The Morgan fingerprint density at radius 3 is 2.79 bits per heavy atom. The van der Waals surface area contributed by atoms with Crippen molar-refractivity contribution in [2.75, 3.05) is 11.9 Å². The van der Waals surface area contributed by atoms with Crippen LogP contribution in [-0.4, -0.2) is 11.6 Å². The molecule has 1 aromatic carbocycles. The number of pyridine rings is 1. The molecule has 1 heterocycles. The average molecular weight is 325 g/mol. The molecular formula is C14H14BrFN2O. The summed E-state index contributed by atoms with van der Waals surface area (Å²) in [5.41, 5.74) is 1.87. The van der Waals surface area contributed by atoms with E-state index in [1.807, 2.05) is 19.1 Å². The lowest BCUT2D eigenvalue weighted by atomic mass is 10.2. The van der Waals surface area contributed by atoms with Crippen LogP contribution in [-0.2, 0) is 6.54 Å². The quantitative estimate of drug-likeness (QED) is 0.902. The van der Waals surface area contributed by atoms with Gasteiger partial charge in [0.1, 0.15) is 5.82 Å². The summed E-state index contributed by atoms with van der Waals surface area (Å²) in [6.45, 7) is 3.11. The van der Waals surface area contributed by atoms with E-state index in [0.717, 1.165) is 15.7 Å². The molecule has 1 aromatic heterocycles. The van der Waals surface area contributed by atoms with Crippen LogP contribution in [0.15, 0.2) is 41.0 Å². The summed E-state index contributed by atoms with van der Waals surface area (Å²) < 4.78 is 19.0. The molecule has 0 aliphatic rings. The Labute approximate surface area is 119 Å². The third-order valence-corrected chi connectivity index (χ3v) is 3.26. The first-order valence-corrected chi connectivity index (χ1v) is 6.75. The fraction of sp³-hybridized carbons (Fsp3) is 0.214. The minimum Gasteiger partial charge on any atom is -0.478 e. The number of aromatic nitrogens is 1.